The third kappa shape index (κ3) is 3.79. The molecular formula is C19H27NO. The molecule has 1 aromatic carbocycles. The normalized spacial score (nSPS) is 25.3. The standard InChI is InChI=1S/C19H27NO/c1-3-5-6-16-11-13-19(15-20,14-12-16)17-7-9-18(10-8-17)21-4-2/h7-10,16H,3-6,11-14H2,1-2H3. The Balaban J connectivity index is 2.04. The van der Waals surface area contributed by atoms with Gasteiger partial charge in [-0.05, 0) is 56.2 Å². The van der Waals surface area contributed by atoms with Gasteiger partial charge in [0.05, 0.1) is 18.1 Å². The highest BCUT2D eigenvalue weighted by molar-refractivity contribution is 5.37. The van der Waals surface area contributed by atoms with Gasteiger partial charge in [-0.25, -0.2) is 0 Å². The van der Waals surface area contributed by atoms with Gasteiger partial charge in [-0.2, -0.15) is 5.26 Å². The first-order chi connectivity index (χ1) is 10.2. The lowest BCUT2D eigenvalue weighted by Crippen LogP contribution is -2.30. The summed E-state index contributed by atoms with van der Waals surface area (Å²) >= 11 is 0. The van der Waals surface area contributed by atoms with Crippen molar-refractivity contribution >= 4 is 0 Å². The molecule has 0 aromatic heterocycles. The summed E-state index contributed by atoms with van der Waals surface area (Å²) in [7, 11) is 0. The first kappa shape index (κ1) is 15.9. The van der Waals surface area contributed by atoms with Crippen LogP contribution in [0.2, 0.25) is 0 Å². The quantitative estimate of drug-likeness (QED) is 0.717. The summed E-state index contributed by atoms with van der Waals surface area (Å²) in [5, 5.41) is 9.75. The second-order valence-corrected chi connectivity index (χ2v) is 6.24. The molecule has 21 heavy (non-hydrogen) atoms. The molecule has 0 unspecified atom stereocenters. The molecule has 1 fully saturated rings. The Morgan fingerprint density at radius 1 is 1.19 bits per heavy atom. The van der Waals surface area contributed by atoms with Gasteiger partial charge in [0, 0.05) is 0 Å². The van der Waals surface area contributed by atoms with Crippen molar-refractivity contribution in [2.75, 3.05) is 6.61 Å². The molecule has 0 saturated heterocycles. The smallest absolute Gasteiger partial charge is 0.119 e. The van der Waals surface area contributed by atoms with Gasteiger partial charge in [-0.1, -0.05) is 38.3 Å². The van der Waals surface area contributed by atoms with E-state index in [0.717, 1.165) is 24.5 Å². The van der Waals surface area contributed by atoms with Gasteiger partial charge in [0.15, 0.2) is 0 Å². The van der Waals surface area contributed by atoms with E-state index >= 15 is 0 Å². The SMILES string of the molecule is CCCCC1CCC(C#N)(c2ccc(OCC)cc2)CC1. The van der Waals surface area contributed by atoms with Crippen LogP contribution in [0.25, 0.3) is 0 Å². The average molecular weight is 285 g/mol. The monoisotopic (exact) mass is 285 g/mol. The Morgan fingerprint density at radius 2 is 1.86 bits per heavy atom. The number of nitrogens with zero attached hydrogens (tertiary/aromatic N) is 1. The van der Waals surface area contributed by atoms with Crippen molar-refractivity contribution < 1.29 is 4.74 Å². The lowest BCUT2D eigenvalue weighted by Gasteiger charge is -2.35. The summed E-state index contributed by atoms with van der Waals surface area (Å²) in [5.41, 5.74) is 0.899. The van der Waals surface area contributed by atoms with Crippen molar-refractivity contribution in [2.24, 2.45) is 5.92 Å². The summed E-state index contributed by atoms with van der Waals surface area (Å²) in [6.07, 6.45) is 8.34. The number of benzene rings is 1. The molecule has 1 aliphatic carbocycles. The predicted octanol–water partition coefficient (Wildman–Crippen LogP) is 5.23. The maximum atomic E-state index is 9.75. The third-order valence-corrected chi connectivity index (χ3v) is 4.86. The van der Waals surface area contributed by atoms with Crippen molar-refractivity contribution in [3.05, 3.63) is 29.8 Å². The molecule has 0 radical (unpaired) electrons. The average Bonchev–Trinajstić information content (AvgIpc) is 2.54. The number of unbranched alkanes of at least 4 members (excludes halogenated alkanes) is 1. The summed E-state index contributed by atoms with van der Waals surface area (Å²) in [4.78, 5) is 0. The van der Waals surface area contributed by atoms with E-state index in [1.807, 2.05) is 19.1 Å². The Kier molecular flexibility index (Phi) is 5.67. The van der Waals surface area contributed by atoms with Crippen LogP contribution in [0.1, 0.15) is 64.4 Å². The van der Waals surface area contributed by atoms with Crippen LogP contribution in [0.15, 0.2) is 24.3 Å². The van der Waals surface area contributed by atoms with Crippen LogP contribution in [0.3, 0.4) is 0 Å². The van der Waals surface area contributed by atoms with Crippen molar-refractivity contribution in [3.8, 4) is 11.8 Å². The Morgan fingerprint density at radius 3 is 2.38 bits per heavy atom. The summed E-state index contributed by atoms with van der Waals surface area (Å²) < 4.78 is 5.49. The van der Waals surface area contributed by atoms with Crippen molar-refractivity contribution in [1.29, 1.82) is 5.26 Å². The summed E-state index contributed by atoms with van der Waals surface area (Å²) in [6.45, 7) is 4.92. The van der Waals surface area contributed by atoms with Crippen LogP contribution < -0.4 is 4.74 Å². The molecule has 2 heteroatoms. The highest BCUT2D eigenvalue weighted by Crippen LogP contribution is 2.42. The zero-order valence-electron chi connectivity index (χ0n) is 13.4. The molecule has 2 nitrogen and oxygen atoms in total. The van der Waals surface area contributed by atoms with Gasteiger partial charge < -0.3 is 4.74 Å². The van der Waals surface area contributed by atoms with Crippen molar-refractivity contribution in [3.63, 3.8) is 0 Å². The highest BCUT2D eigenvalue weighted by Gasteiger charge is 2.36. The Labute approximate surface area is 129 Å². The van der Waals surface area contributed by atoms with Crippen LogP contribution in [-0.4, -0.2) is 6.61 Å². The van der Waals surface area contributed by atoms with Crippen LogP contribution in [-0.2, 0) is 5.41 Å². The van der Waals surface area contributed by atoms with E-state index in [1.165, 1.54) is 37.7 Å². The van der Waals surface area contributed by atoms with Crippen LogP contribution in [0, 0.1) is 17.2 Å². The van der Waals surface area contributed by atoms with Crippen LogP contribution in [0.4, 0.5) is 0 Å². The third-order valence-electron chi connectivity index (χ3n) is 4.86. The number of rotatable bonds is 6. The number of hydrogen-bond acceptors (Lipinski definition) is 2. The minimum Gasteiger partial charge on any atom is -0.494 e. The van der Waals surface area contributed by atoms with Gasteiger partial charge in [0.1, 0.15) is 5.75 Å². The minimum absolute atomic E-state index is 0.270. The van der Waals surface area contributed by atoms with Gasteiger partial charge in [-0.15, -0.1) is 0 Å². The fourth-order valence-electron chi connectivity index (χ4n) is 3.45. The van der Waals surface area contributed by atoms with Gasteiger partial charge >= 0.3 is 0 Å². The van der Waals surface area contributed by atoms with Gasteiger partial charge in [0.2, 0.25) is 0 Å². The molecular weight excluding hydrogens is 258 g/mol. The molecule has 0 amide bonds. The number of nitriles is 1. The fraction of sp³-hybridized carbons (Fsp3) is 0.632. The Hall–Kier alpha value is -1.49. The van der Waals surface area contributed by atoms with E-state index in [1.54, 1.807) is 0 Å². The van der Waals surface area contributed by atoms with E-state index in [9.17, 15) is 5.26 Å². The largest absolute Gasteiger partial charge is 0.494 e. The molecule has 0 bridgehead atoms. The maximum absolute atomic E-state index is 9.75. The second-order valence-electron chi connectivity index (χ2n) is 6.24. The molecule has 0 N–H and O–H groups in total. The van der Waals surface area contributed by atoms with E-state index in [2.05, 4.69) is 25.1 Å². The first-order valence-corrected chi connectivity index (χ1v) is 8.38. The highest BCUT2D eigenvalue weighted by atomic mass is 16.5. The number of ether oxygens (including phenoxy) is 1. The second kappa shape index (κ2) is 7.50. The van der Waals surface area contributed by atoms with E-state index in [0.29, 0.717) is 6.61 Å². The molecule has 0 aliphatic heterocycles. The van der Waals surface area contributed by atoms with Gasteiger partial charge in [-0.3, -0.25) is 0 Å². The lowest BCUT2D eigenvalue weighted by molar-refractivity contribution is 0.262. The topological polar surface area (TPSA) is 33.0 Å². The van der Waals surface area contributed by atoms with Crippen molar-refractivity contribution in [1.82, 2.24) is 0 Å². The summed E-state index contributed by atoms with van der Waals surface area (Å²) in [5.74, 6) is 1.72. The minimum atomic E-state index is -0.270. The molecule has 2 rings (SSSR count). The Bertz CT molecular complexity index is 463. The zero-order valence-corrected chi connectivity index (χ0v) is 13.4. The van der Waals surface area contributed by atoms with E-state index in [-0.39, 0.29) is 5.41 Å². The molecule has 1 aromatic rings. The van der Waals surface area contributed by atoms with Crippen LogP contribution >= 0.6 is 0 Å². The van der Waals surface area contributed by atoms with Crippen LogP contribution in [0.5, 0.6) is 5.75 Å². The lowest BCUT2D eigenvalue weighted by atomic mass is 9.67. The molecule has 0 heterocycles. The summed E-state index contributed by atoms with van der Waals surface area (Å²) in [6, 6.07) is 10.8. The van der Waals surface area contributed by atoms with Crippen molar-refractivity contribution in [2.45, 2.75) is 64.2 Å². The first-order valence-electron chi connectivity index (χ1n) is 8.38. The molecule has 114 valence electrons. The molecule has 1 aliphatic rings. The maximum Gasteiger partial charge on any atom is 0.119 e. The molecule has 0 spiro atoms. The van der Waals surface area contributed by atoms with Gasteiger partial charge in [0.25, 0.3) is 0 Å². The predicted molar refractivity (Wildman–Crippen MR) is 86.4 cm³/mol. The van der Waals surface area contributed by atoms with E-state index < -0.39 is 0 Å². The molecule has 0 atom stereocenters. The fourth-order valence-corrected chi connectivity index (χ4v) is 3.45. The zero-order chi connectivity index (χ0) is 15.1. The molecule has 1 saturated carbocycles. The number of hydrogen-bond donors (Lipinski definition) is 0. The van der Waals surface area contributed by atoms with E-state index in [4.69, 9.17) is 4.74 Å².